The van der Waals surface area contributed by atoms with E-state index >= 15 is 0 Å². The molecule has 0 saturated heterocycles. The van der Waals surface area contributed by atoms with Crippen LogP contribution in [0.15, 0.2) is 30.3 Å². The van der Waals surface area contributed by atoms with Gasteiger partial charge in [0.05, 0.1) is 27.6 Å². The van der Waals surface area contributed by atoms with Crippen LogP contribution in [0.3, 0.4) is 0 Å². The topological polar surface area (TPSA) is 111 Å². The molecule has 0 aromatic heterocycles. The van der Waals surface area contributed by atoms with E-state index in [1.807, 2.05) is 67.8 Å². The molecule has 1 unspecified atom stereocenters. The fourth-order valence-electron chi connectivity index (χ4n) is 2.55. The van der Waals surface area contributed by atoms with Crippen LogP contribution in [-0.4, -0.2) is 37.3 Å². The number of nitrogens with zero attached hydrogens (tertiary/aromatic N) is 1. The van der Waals surface area contributed by atoms with Crippen LogP contribution in [0.1, 0.15) is 31.1 Å². The molecule has 0 heterocycles. The normalized spacial score (nSPS) is 11.2. The van der Waals surface area contributed by atoms with Gasteiger partial charge in [-0.3, -0.25) is 9.59 Å². The first-order valence-electron chi connectivity index (χ1n) is 9.30. The summed E-state index contributed by atoms with van der Waals surface area (Å²) in [4.78, 5) is 50.2. The van der Waals surface area contributed by atoms with Crippen LogP contribution < -0.4 is 15.0 Å². The largest absolute Gasteiger partial charge is 0.516 e. The lowest BCUT2D eigenvalue weighted by Crippen LogP contribution is -2.28. The van der Waals surface area contributed by atoms with E-state index in [0.717, 1.165) is 0 Å². The smallest absolute Gasteiger partial charge is 0.422 e. The van der Waals surface area contributed by atoms with Gasteiger partial charge in [-0.15, -0.1) is 0 Å². The molecular formula is C21H19I3N2O7. The summed E-state index contributed by atoms with van der Waals surface area (Å²) in [5, 5.41) is 2.70. The van der Waals surface area contributed by atoms with Crippen molar-refractivity contribution in [2.24, 2.45) is 0 Å². The van der Waals surface area contributed by atoms with Gasteiger partial charge in [-0.25, -0.2) is 9.59 Å². The summed E-state index contributed by atoms with van der Waals surface area (Å²) in [6.45, 7) is 4.09. The van der Waals surface area contributed by atoms with E-state index in [1.165, 1.54) is 25.7 Å². The van der Waals surface area contributed by atoms with Gasteiger partial charge >= 0.3 is 12.1 Å². The molecule has 9 nitrogen and oxygen atoms in total. The summed E-state index contributed by atoms with van der Waals surface area (Å²) in [5.41, 5.74) is 0.934. The minimum atomic E-state index is -1.27. The van der Waals surface area contributed by atoms with Crippen LogP contribution in [0.25, 0.3) is 0 Å². The standard InChI is InChI=1S/C21H19I3N2O7/c1-10(27)25-18-15(22)14(16(23)19(17(18)24)26(4)11(2)28)20(29)31-12(3)32-21(30)33-13-8-6-5-7-9-13/h5-9,12H,1-4H3,(H,25,27). The molecule has 2 rings (SSSR count). The van der Waals surface area contributed by atoms with E-state index in [-0.39, 0.29) is 23.1 Å². The quantitative estimate of drug-likeness (QED) is 0.186. The third-order valence-electron chi connectivity index (χ3n) is 4.09. The fraction of sp³-hybridized carbons (Fsp3) is 0.238. The van der Waals surface area contributed by atoms with Crippen molar-refractivity contribution in [3.05, 3.63) is 46.6 Å². The molecule has 12 heteroatoms. The minimum absolute atomic E-state index is 0.121. The summed E-state index contributed by atoms with van der Waals surface area (Å²) < 4.78 is 16.8. The van der Waals surface area contributed by atoms with E-state index in [4.69, 9.17) is 14.2 Å². The van der Waals surface area contributed by atoms with Crippen LogP contribution in [0, 0.1) is 10.7 Å². The predicted octanol–water partition coefficient (Wildman–Crippen LogP) is 5.16. The van der Waals surface area contributed by atoms with E-state index in [2.05, 4.69) is 5.32 Å². The van der Waals surface area contributed by atoms with Gasteiger partial charge in [0.25, 0.3) is 0 Å². The molecule has 1 N–H and O–H groups in total. The number of halogens is 3. The second-order valence-corrected chi connectivity index (χ2v) is 9.79. The average Bonchev–Trinajstić information content (AvgIpc) is 2.71. The number of esters is 1. The molecule has 0 spiro atoms. The molecule has 0 aliphatic rings. The molecule has 0 aliphatic carbocycles. The van der Waals surface area contributed by atoms with Gasteiger partial charge in [0.15, 0.2) is 0 Å². The monoisotopic (exact) mass is 792 g/mol. The first-order valence-corrected chi connectivity index (χ1v) is 12.5. The Balaban J connectivity index is 2.34. The minimum Gasteiger partial charge on any atom is -0.422 e. The van der Waals surface area contributed by atoms with Crippen molar-refractivity contribution in [2.45, 2.75) is 27.1 Å². The van der Waals surface area contributed by atoms with Crippen molar-refractivity contribution in [1.82, 2.24) is 0 Å². The zero-order valence-corrected chi connectivity index (χ0v) is 24.4. The van der Waals surface area contributed by atoms with E-state index in [9.17, 15) is 19.2 Å². The maximum Gasteiger partial charge on any atom is 0.516 e. The van der Waals surface area contributed by atoms with Gasteiger partial charge in [0.2, 0.25) is 18.1 Å². The number of para-hydroxylation sites is 1. The molecule has 0 fully saturated rings. The number of anilines is 2. The fourth-order valence-corrected chi connectivity index (χ4v) is 7.15. The van der Waals surface area contributed by atoms with Gasteiger partial charge in [-0.1, -0.05) is 18.2 Å². The lowest BCUT2D eigenvalue weighted by Gasteiger charge is -2.24. The Hall–Kier alpha value is -1.69. The number of hydrogen-bond donors (Lipinski definition) is 1. The Morgan fingerprint density at radius 1 is 0.939 bits per heavy atom. The maximum atomic E-state index is 13.0. The number of hydrogen-bond acceptors (Lipinski definition) is 7. The van der Waals surface area contributed by atoms with Crippen molar-refractivity contribution < 1.29 is 33.4 Å². The summed E-state index contributed by atoms with van der Waals surface area (Å²) >= 11 is 5.88. The van der Waals surface area contributed by atoms with Crippen LogP contribution in [-0.2, 0) is 19.1 Å². The zero-order chi connectivity index (χ0) is 24.9. The summed E-state index contributed by atoms with van der Waals surface area (Å²) in [6, 6.07) is 8.29. The van der Waals surface area contributed by atoms with E-state index in [1.54, 1.807) is 37.4 Å². The summed E-state index contributed by atoms with van der Waals surface area (Å²) in [7, 11) is 1.56. The number of benzene rings is 2. The predicted molar refractivity (Wildman–Crippen MR) is 146 cm³/mol. The Kier molecular flexibility index (Phi) is 10.1. The zero-order valence-electron chi connectivity index (χ0n) is 17.9. The highest BCUT2D eigenvalue weighted by Gasteiger charge is 2.30. The van der Waals surface area contributed by atoms with Gasteiger partial charge < -0.3 is 24.4 Å². The van der Waals surface area contributed by atoms with Crippen molar-refractivity contribution >= 4 is 103 Å². The highest BCUT2D eigenvalue weighted by molar-refractivity contribution is 14.1. The lowest BCUT2D eigenvalue weighted by atomic mass is 10.1. The Morgan fingerprint density at radius 2 is 1.55 bits per heavy atom. The molecular weight excluding hydrogens is 773 g/mol. The van der Waals surface area contributed by atoms with Crippen molar-refractivity contribution in [3.8, 4) is 5.75 Å². The van der Waals surface area contributed by atoms with Crippen molar-refractivity contribution in [3.63, 3.8) is 0 Å². The van der Waals surface area contributed by atoms with Gasteiger partial charge in [0.1, 0.15) is 5.75 Å². The van der Waals surface area contributed by atoms with Gasteiger partial charge in [-0.05, 0) is 79.9 Å². The van der Waals surface area contributed by atoms with Gasteiger partial charge in [0, 0.05) is 27.8 Å². The molecule has 0 radical (unpaired) electrons. The highest BCUT2D eigenvalue weighted by Crippen LogP contribution is 2.40. The molecule has 0 saturated carbocycles. The number of rotatable bonds is 6. The summed E-state index contributed by atoms with van der Waals surface area (Å²) in [5.74, 6) is -1.13. The molecule has 0 aliphatic heterocycles. The first kappa shape index (κ1) is 27.6. The molecule has 2 aromatic carbocycles. The Labute approximate surface area is 231 Å². The molecule has 33 heavy (non-hydrogen) atoms. The van der Waals surface area contributed by atoms with E-state index in [0.29, 0.717) is 22.1 Å². The average molecular weight is 792 g/mol. The number of nitrogens with one attached hydrogen (secondary N) is 1. The first-order chi connectivity index (χ1) is 15.4. The molecule has 2 amide bonds. The van der Waals surface area contributed by atoms with E-state index < -0.39 is 18.4 Å². The molecule has 0 bridgehead atoms. The number of carbonyl (C=O) groups excluding carboxylic acids is 4. The van der Waals surface area contributed by atoms with Crippen molar-refractivity contribution in [1.29, 1.82) is 0 Å². The summed E-state index contributed by atoms with van der Waals surface area (Å²) in [6.07, 6.45) is -2.30. The van der Waals surface area contributed by atoms with Crippen LogP contribution in [0.4, 0.5) is 16.2 Å². The number of carbonyl (C=O) groups is 4. The second-order valence-electron chi connectivity index (χ2n) is 6.56. The Morgan fingerprint density at radius 3 is 2.09 bits per heavy atom. The third kappa shape index (κ3) is 7.14. The van der Waals surface area contributed by atoms with Crippen LogP contribution in [0.5, 0.6) is 5.75 Å². The maximum absolute atomic E-state index is 13.0. The molecule has 1 atom stereocenters. The third-order valence-corrected chi connectivity index (χ3v) is 7.27. The second kappa shape index (κ2) is 12.1. The molecule has 2 aromatic rings. The molecule has 176 valence electrons. The number of ether oxygens (including phenoxy) is 3. The van der Waals surface area contributed by atoms with Gasteiger partial charge in [-0.2, -0.15) is 0 Å². The van der Waals surface area contributed by atoms with Crippen molar-refractivity contribution in [2.75, 3.05) is 17.3 Å². The number of amides is 2. The van der Waals surface area contributed by atoms with Crippen LogP contribution in [0.2, 0.25) is 0 Å². The SMILES string of the molecule is CC(=O)Nc1c(I)c(C(=O)OC(C)OC(=O)Oc2ccccc2)c(I)c(N(C)C(C)=O)c1I. The lowest BCUT2D eigenvalue weighted by molar-refractivity contribution is -0.116. The highest BCUT2D eigenvalue weighted by atomic mass is 127. The van der Waals surface area contributed by atoms with Crippen LogP contribution >= 0.6 is 67.8 Å². The Bertz CT molecular complexity index is 1090.